The van der Waals surface area contributed by atoms with Crippen molar-refractivity contribution in [2.24, 2.45) is 5.92 Å². The lowest BCUT2D eigenvalue weighted by molar-refractivity contribution is -0.117. The van der Waals surface area contributed by atoms with Gasteiger partial charge in [0.2, 0.25) is 5.91 Å². The van der Waals surface area contributed by atoms with Gasteiger partial charge in [-0.2, -0.15) is 0 Å². The van der Waals surface area contributed by atoms with Crippen molar-refractivity contribution in [1.29, 1.82) is 0 Å². The first-order valence-electron chi connectivity index (χ1n) is 5.89. The first-order chi connectivity index (χ1) is 8.15. The highest BCUT2D eigenvalue weighted by Crippen LogP contribution is 2.32. The third-order valence-corrected chi connectivity index (χ3v) is 3.21. The summed E-state index contributed by atoms with van der Waals surface area (Å²) in [6.45, 7) is 2.06. The third kappa shape index (κ3) is 3.90. The smallest absolute Gasteiger partial charge is 0.244 e. The molecule has 0 saturated heterocycles. The van der Waals surface area contributed by atoms with E-state index < -0.39 is 0 Å². The van der Waals surface area contributed by atoms with Gasteiger partial charge in [0.25, 0.3) is 0 Å². The van der Waals surface area contributed by atoms with E-state index in [2.05, 4.69) is 12.2 Å². The van der Waals surface area contributed by atoms with Crippen LogP contribution < -0.4 is 5.32 Å². The largest absolute Gasteiger partial charge is 0.350 e. The molecule has 0 bridgehead atoms. The van der Waals surface area contributed by atoms with E-state index in [0.29, 0.717) is 10.9 Å². The topological polar surface area (TPSA) is 29.1 Å². The fourth-order valence-corrected chi connectivity index (χ4v) is 1.97. The van der Waals surface area contributed by atoms with E-state index in [4.69, 9.17) is 11.6 Å². The highest BCUT2D eigenvalue weighted by Gasteiger charge is 2.28. The first-order valence-corrected chi connectivity index (χ1v) is 6.27. The summed E-state index contributed by atoms with van der Waals surface area (Å²) in [5.74, 6) is 0.642. The van der Waals surface area contributed by atoms with Gasteiger partial charge in [-0.1, -0.05) is 23.7 Å². The molecule has 1 atom stereocenters. The predicted molar refractivity (Wildman–Crippen MR) is 70.8 cm³/mol. The molecule has 0 radical (unpaired) electrons. The number of nitrogens with one attached hydrogen (secondary N) is 1. The standard InChI is InChI=1S/C14H16ClNO/c1-10(12-6-7-12)16-14(17)8-5-11-3-2-4-13(15)9-11/h2-5,8-10,12H,6-7H2,1H3,(H,16,17)/b8-5+. The van der Waals surface area contributed by atoms with Crippen LogP contribution in [0.1, 0.15) is 25.3 Å². The summed E-state index contributed by atoms with van der Waals surface area (Å²) in [4.78, 5) is 11.6. The molecule has 2 rings (SSSR count). The van der Waals surface area contributed by atoms with Crippen LogP contribution in [0, 0.1) is 5.92 Å². The molecule has 1 fully saturated rings. The molecule has 1 N–H and O–H groups in total. The molecule has 1 aliphatic carbocycles. The molecule has 90 valence electrons. The third-order valence-electron chi connectivity index (χ3n) is 2.97. The van der Waals surface area contributed by atoms with Crippen molar-refractivity contribution in [3.63, 3.8) is 0 Å². The molecule has 1 amide bonds. The van der Waals surface area contributed by atoms with Gasteiger partial charge >= 0.3 is 0 Å². The Morgan fingerprint density at radius 2 is 2.29 bits per heavy atom. The minimum absolute atomic E-state index is 0.0376. The Morgan fingerprint density at radius 1 is 1.53 bits per heavy atom. The highest BCUT2D eigenvalue weighted by molar-refractivity contribution is 6.30. The van der Waals surface area contributed by atoms with E-state index in [1.54, 1.807) is 12.2 Å². The van der Waals surface area contributed by atoms with Crippen LogP contribution in [-0.2, 0) is 4.79 Å². The summed E-state index contributed by atoms with van der Waals surface area (Å²) in [5, 5.41) is 3.65. The van der Waals surface area contributed by atoms with Gasteiger partial charge in [-0.25, -0.2) is 0 Å². The van der Waals surface area contributed by atoms with Gasteiger partial charge in [-0.3, -0.25) is 4.79 Å². The van der Waals surface area contributed by atoms with Crippen molar-refractivity contribution in [3.8, 4) is 0 Å². The zero-order chi connectivity index (χ0) is 12.3. The number of halogens is 1. The summed E-state index contributed by atoms with van der Waals surface area (Å²) in [6.07, 6.45) is 5.81. The lowest BCUT2D eigenvalue weighted by Gasteiger charge is -2.10. The van der Waals surface area contributed by atoms with Crippen LogP contribution in [0.2, 0.25) is 5.02 Å². The molecular weight excluding hydrogens is 234 g/mol. The van der Waals surface area contributed by atoms with Crippen LogP contribution in [0.25, 0.3) is 6.08 Å². The van der Waals surface area contributed by atoms with Gasteiger partial charge in [0.1, 0.15) is 0 Å². The van der Waals surface area contributed by atoms with Gasteiger partial charge in [0.15, 0.2) is 0 Å². The van der Waals surface area contributed by atoms with Crippen LogP contribution in [0.3, 0.4) is 0 Å². The van der Waals surface area contributed by atoms with Gasteiger partial charge in [-0.15, -0.1) is 0 Å². The van der Waals surface area contributed by atoms with Gasteiger partial charge in [0.05, 0.1) is 0 Å². The number of rotatable bonds is 4. The number of amides is 1. The van der Waals surface area contributed by atoms with Gasteiger partial charge in [-0.05, 0) is 49.5 Å². The van der Waals surface area contributed by atoms with E-state index in [1.807, 2.05) is 24.3 Å². The Kier molecular flexibility index (Phi) is 3.85. The second-order valence-electron chi connectivity index (χ2n) is 4.52. The fraction of sp³-hybridized carbons (Fsp3) is 0.357. The molecule has 1 unspecified atom stereocenters. The normalized spacial score (nSPS) is 17.1. The number of hydrogen-bond acceptors (Lipinski definition) is 1. The Labute approximate surface area is 107 Å². The van der Waals surface area contributed by atoms with E-state index >= 15 is 0 Å². The van der Waals surface area contributed by atoms with Gasteiger partial charge in [0, 0.05) is 17.1 Å². The summed E-state index contributed by atoms with van der Waals surface area (Å²) in [7, 11) is 0. The van der Waals surface area contributed by atoms with Crippen molar-refractivity contribution in [1.82, 2.24) is 5.32 Å². The molecule has 3 heteroatoms. The van der Waals surface area contributed by atoms with Crippen LogP contribution >= 0.6 is 11.6 Å². The fourth-order valence-electron chi connectivity index (χ4n) is 1.77. The maximum atomic E-state index is 11.6. The van der Waals surface area contributed by atoms with Crippen LogP contribution in [0.5, 0.6) is 0 Å². The van der Waals surface area contributed by atoms with Crippen LogP contribution in [0.4, 0.5) is 0 Å². The molecule has 1 aromatic rings. The summed E-state index contributed by atoms with van der Waals surface area (Å²) >= 11 is 5.86. The summed E-state index contributed by atoms with van der Waals surface area (Å²) in [5.41, 5.74) is 0.937. The quantitative estimate of drug-likeness (QED) is 0.816. The predicted octanol–water partition coefficient (Wildman–Crippen LogP) is 3.27. The lowest BCUT2D eigenvalue weighted by Crippen LogP contribution is -2.32. The second-order valence-corrected chi connectivity index (χ2v) is 4.96. The van der Waals surface area contributed by atoms with Crippen molar-refractivity contribution >= 4 is 23.6 Å². The van der Waals surface area contributed by atoms with E-state index in [9.17, 15) is 4.79 Å². The molecule has 1 aliphatic rings. The molecule has 1 aromatic carbocycles. The molecule has 17 heavy (non-hydrogen) atoms. The minimum atomic E-state index is -0.0376. The molecule has 0 heterocycles. The first kappa shape index (κ1) is 12.2. The SMILES string of the molecule is CC(NC(=O)/C=C/c1cccc(Cl)c1)C1CC1. The average molecular weight is 250 g/mol. The van der Waals surface area contributed by atoms with Crippen LogP contribution in [-0.4, -0.2) is 11.9 Å². The number of carbonyl (C=O) groups excluding carboxylic acids is 1. The van der Waals surface area contributed by atoms with Crippen molar-refractivity contribution in [2.45, 2.75) is 25.8 Å². The maximum absolute atomic E-state index is 11.6. The monoisotopic (exact) mass is 249 g/mol. The van der Waals surface area contributed by atoms with E-state index in [-0.39, 0.29) is 11.9 Å². The summed E-state index contributed by atoms with van der Waals surface area (Å²) in [6, 6.07) is 7.71. The van der Waals surface area contributed by atoms with E-state index in [0.717, 1.165) is 5.56 Å². The van der Waals surface area contributed by atoms with Crippen molar-refractivity contribution in [2.75, 3.05) is 0 Å². The number of carbonyl (C=O) groups is 1. The summed E-state index contributed by atoms with van der Waals surface area (Å²) < 4.78 is 0. The average Bonchev–Trinajstić information content (AvgIpc) is 3.10. The Hall–Kier alpha value is -1.28. The molecule has 2 nitrogen and oxygen atoms in total. The minimum Gasteiger partial charge on any atom is -0.350 e. The van der Waals surface area contributed by atoms with Crippen molar-refractivity contribution in [3.05, 3.63) is 40.9 Å². The second kappa shape index (κ2) is 5.37. The Balaban J connectivity index is 1.88. The lowest BCUT2D eigenvalue weighted by atomic mass is 10.2. The molecule has 1 saturated carbocycles. The molecular formula is C14H16ClNO. The maximum Gasteiger partial charge on any atom is 0.244 e. The molecule has 0 aliphatic heterocycles. The zero-order valence-corrected chi connectivity index (χ0v) is 10.6. The Morgan fingerprint density at radius 3 is 2.94 bits per heavy atom. The molecule has 0 aromatic heterocycles. The van der Waals surface area contributed by atoms with Crippen LogP contribution in [0.15, 0.2) is 30.3 Å². The highest BCUT2D eigenvalue weighted by atomic mass is 35.5. The number of benzene rings is 1. The van der Waals surface area contributed by atoms with Crippen molar-refractivity contribution < 1.29 is 4.79 Å². The number of hydrogen-bond donors (Lipinski definition) is 1. The zero-order valence-electron chi connectivity index (χ0n) is 9.82. The van der Waals surface area contributed by atoms with Gasteiger partial charge < -0.3 is 5.32 Å². The van der Waals surface area contributed by atoms with E-state index in [1.165, 1.54) is 12.8 Å². The molecule has 0 spiro atoms. The Bertz CT molecular complexity index is 438.